The van der Waals surface area contributed by atoms with Crippen LogP contribution in [0.15, 0.2) is 91.0 Å². The van der Waals surface area contributed by atoms with Crippen molar-refractivity contribution in [3.05, 3.63) is 115 Å². The van der Waals surface area contributed by atoms with E-state index in [1.165, 1.54) is 49.9 Å². The number of carboxylic acid groups (broad SMARTS) is 1. The van der Waals surface area contributed by atoms with E-state index in [9.17, 15) is 23.9 Å². The predicted octanol–water partition coefficient (Wildman–Crippen LogP) is 0.226. The average Bonchev–Trinajstić information content (AvgIpc) is 4.00. The third-order valence-corrected chi connectivity index (χ3v) is 25.4. The zero-order valence-corrected chi connectivity index (χ0v) is 47.9. The molecular formula is C40H55BrCl5FILi2NaO6Si3. The Morgan fingerprint density at radius 2 is 0.917 bits per heavy atom. The van der Waals surface area contributed by atoms with Gasteiger partial charge in [0.2, 0.25) is 0 Å². The first-order valence-electron chi connectivity index (χ1n) is 18.7. The zero-order chi connectivity index (χ0) is 41.7. The summed E-state index contributed by atoms with van der Waals surface area (Å²) < 4.78 is 27.4. The molecule has 3 heterocycles. The molecule has 0 aromatic heterocycles. The molecule has 3 saturated heterocycles. The maximum atomic E-state index is 12.2. The second-order valence-electron chi connectivity index (χ2n) is 13.4. The van der Waals surface area contributed by atoms with Crippen LogP contribution in [0, 0.1) is 7.43 Å². The first kappa shape index (κ1) is 68.1. The van der Waals surface area contributed by atoms with Gasteiger partial charge in [-0.1, -0.05) is 152 Å². The van der Waals surface area contributed by atoms with Crippen LogP contribution in [0.25, 0.3) is 0 Å². The molecular weight excluding hydrogens is 1100 g/mol. The van der Waals surface area contributed by atoms with Gasteiger partial charge in [-0.2, -0.15) is 0 Å². The summed E-state index contributed by atoms with van der Waals surface area (Å²) in [7, 11) is -3.96. The number of rotatable bonds is 9. The van der Waals surface area contributed by atoms with Gasteiger partial charge in [-0.3, -0.25) is 4.39 Å². The first-order chi connectivity index (χ1) is 26.9. The number of halogens is 8. The third-order valence-electron chi connectivity index (χ3n) is 9.28. The van der Waals surface area contributed by atoms with E-state index in [-0.39, 0.29) is 109 Å². The van der Waals surface area contributed by atoms with Crippen molar-refractivity contribution in [1.29, 1.82) is 0 Å². The monoisotopic (exact) mass is 1150 g/mol. The van der Waals surface area contributed by atoms with Crippen molar-refractivity contribution in [2.75, 3.05) is 34.5 Å². The SMILES string of the molecule is ClCI.ClC[Si]1(CCl)CCCC1.Cl[Si]1(Cl)CCCC1.O=C(OC[Si]1(COC(=O)c2ccccc2)CCCC1)c1ccccc1.O=C([O-])c1ccccc1.[2H]CF.[Br-].[CH3-].[Li+].[Li+].[Na+]. The summed E-state index contributed by atoms with van der Waals surface area (Å²) in [6.07, 6.45) is 8.37. The van der Waals surface area contributed by atoms with Crippen LogP contribution in [-0.4, -0.2) is 75.3 Å². The number of aromatic carboxylic acids is 1. The van der Waals surface area contributed by atoms with Crippen LogP contribution in [0.5, 0.6) is 0 Å². The topological polar surface area (TPSA) is 92.7 Å². The quantitative estimate of drug-likeness (QED) is 0.0763. The second-order valence-corrected chi connectivity index (χ2v) is 33.7. The molecule has 60 heavy (non-hydrogen) atoms. The Balaban J connectivity index is -0.000000242. The smallest absolute Gasteiger partial charge is 1.00 e. The van der Waals surface area contributed by atoms with Gasteiger partial charge < -0.3 is 43.8 Å². The van der Waals surface area contributed by atoms with Gasteiger partial charge in [0.05, 0.1) is 50.0 Å². The van der Waals surface area contributed by atoms with Crippen molar-refractivity contribution in [1.82, 2.24) is 0 Å². The van der Waals surface area contributed by atoms with E-state index >= 15 is 0 Å². The van der Waals surface area contributed by atoms with Gasteiger partial charge in [0.15, 0.2) is 0 Å². The molecule has 0 spiro atoms. The molecule has 0 N–H and O–H groups in total. The first-order valence-corrected chi connectivity index (χ1v) is 31.3. The van der Waals surface area contributed by atoms with E-state index in [4.69, 9.17) is 67.8 Å². The normalized spacial score (nSPS) is 15.4. The Hall–Kier alpha value is 1.51. The number of hydrogen-bond donors (Lipinski definition) is 0. The summed E-state index contributed by atoms with van der Waals surface area (Å²) in [5.41, 5.74) is 3.11. The molecule has 0 aliphatic carbocycles. The Kier molecular flexibility index (Phi) is 47.6. The van der Waals surface area contributed by atoms with E-state index in [0.717, 1.165) is 48.0 Å². The number of ether oxygens (including phenoxy) is 2. The average molecular weight is 1160 g/mol. The van der Waals surface area contributed by atoms with Crippen molar-refractivity contribution in [2.24, 2.45) is 0 Å². The fraction of sp³-hybridized carbons (Fsp3) is 0.450. The molecule has 3 aromatic rings. The molecule has 20 heteroatoms. The van der Waals surface area contributed by atoms with Crippen LogP contribution in [0.3, 0.4) is 0 Å². The number of benzene rings is 3. The van der Waals surface area contributed by atoms with Crippen molar-refractivity contribution in [3.63, 3.8) is 0 Å². The van der Waals surface area contributed by atoms with E-state index in [2.05, 4.69) is 22.6 Å². The molecule has 6 nitrogen and oxygen atoms in total. The van der Waals surface area contributed by atoms with Crippen molar-refractivity contribution in [3.8, 4) is 0 Å². The van der Waals surface area contributed by atoms with Gasteiger partial charge in [0, 0.05) is 11.0 Å². The zero-order valence-electron chi connectivity index (χ0n) is 36.4. The van der Waals surface area contributed by atoms with Gasteiger partial charge >= 0.3 is 79.2 Å². The van der Waals surface area contributed by atoms with Crippen LogP contribution in [0.4, 0.5) is 4.39 Å². The standard InChI is InChI=1S/C20H22O4Si.C7H6O2.C6H12Cl2Si.C4H8Cl2Si.CH2ClI.CH3F.CH3.BrH.2Li.Na/c21-19(17-9-3-1-4-10-17)23-15-25(13-7-8-14-25)16-24-20(22)18-11-5-2-6-12-18;8-7(9)6-4-2-1-3-5-6;7-5-9(6-8)3-1-2-4-9;5-7(6)3-1-2-4-7;2-1-3;1-2;;;;;/h1-6,9-12H,7-8,13-16H2;1-5H,(H,8,9);1-6H2;1-4H2;1H2;1H3;1H3;1H;;;/q;;;;;;-1;;3*+1/p-2/i;;;;;1D;;;;;. The molecule has 0 unspecified atom stereocenters. The Labute approximate surface area is 458 Å². The molecule has 3 aliphatic heterocycles. The van der Waals surface area contributed by atoms with Crippen LogP contribution in [0.1, 0.15) is 71.0 Å². The maximum absolute atomic E-state index is 12.2. The number of hydrogen-bond acceptors (Lipinski definition) is 6. The fourth-order valence-electron chi connectivity index (χ4n) is 6.10. The number of esters is 2. The summed E-state index contributed by atoms with van der Waals surface area (Å²) >= 11 is 30.5. The molecule has 0 amide bonds. The van der Waals surface area contributed by atoms with E-state index in [1.54, 1.807) is 42.5 Å². The molecule has 322 valence electrons. The van der Waals surface area contributed by atoms with Gasteiger partial charge in [0.25, 0.3) is 6.69 Å². The maximum Gasteiger partial charge on any atom is 1.00 e. The van der Waals surface area contributed by atoms with E-state index in [1.807, 2.05) is 36.4 Å². The van der Waals surface area contributed by atoms with E-state index in [0.29, 0.717) is 27.5 Å². The third kappa shape index (κ3) is 29.9. The van der Waals surface area contributed by atoms with Crippen molar-refractivity contribution < 1.29 is 119 Å². The van der Waals surface area contributed by atoms with Gasteiger partial charge in [-0.05, 0) is 41.9 Å². The minimum Gasteiger partial charge on any atom is -1.00 e. The summed E-state index contributed by atoms with van der Waals surface area (Å²) in [4.78, 5) is 34.5. The van der Waals surface area contributed by atoms with Crippen LogP contribution in [-0.2, 0) is 9.47 Å². The molecule has 0 saturated carbocycles. The van der Waals surface area contributed by atoms with Crippen LogP contribution < -0.4 is 89.4 Å². The summed E-state index contributed by atoms with van der Waals surface area (Å²) in [5.74, 6) is -1.72. The molecule has 3 fully saturated rings. The molecule has 3 aromatic carbocycles. The summed E-state index contributed by atoms with van der Waals surface area (Å²) in [5, 5.41) is 10.1. The number of carboxylic acids is 1. The van der Waals surface area contributed by atoms with Crippen molar-refractivity contribution in [2.45, 2.75) is 74.8 Å². The number of alkyl halides is 5. The molecule has 6 rings (SSSR count). The molecule has 0 radical (unpaired) electrons. The van der Waals surface area contributed by atoms with Gasteiger partial charge in [-0.25, -0.2) is 9.59 Å². The molecule has 3 aliphatic rings. The predicted molar refractivity (Wildman–Crippen MR) is 249 cm³/mol. The minimum absolute atomic E-state index is 0. The Morgan fingerprint density at radius 1 is 0.650 bits per heavy atom. The number of carbonyl (C=O) groups is 3. The summed E-state index contributed by atoms with van der Waals surface area (Å²) in [6.45, 7) is -1.60. The van der Waals surface area contributed by atoms with Crippen LogP contribution in [0.2, 0.25) is 36.3 Å². The largest absolute Gasteiger partial charge is 1.00 e. The second kappa shape index (κ2) is 41.9. The van der Waals surface area contributed by atoms with Gasteiger partial charge in [0.1, 0.15) is 8.07 Å². The Morgan fingerprint density at radius 3 is 1.13 bits per heavy atom. The Bertz CT molecular complexity index is 1450. The molecule has 0 bridgehead atoms. The van der Waals surface area contributed by atoms with Crippen molar-refractivity contribution >= 4 is 120 Å². The minimum atomic E-state index is -1.91. The van der Waals surface area contributed by atoms with Crippen LogP contribution >= 0.6 is 79.6 Å². The summed E-state index contributed by atoms with van der Waals surface area (Å²) in [6, 6.07) is 33.2. The molecule has 0 atom stereocenters. The number of carbonyl (C=O) groups excluding carboxylic acids is 3. The van der Waals surface area contributed by atoms with Gasteiger partial charge in [-0.15, -0.1) is 57.0 Å². The van der Waals surface area contributed by atoms with E-state index < -0.39 is 36.0 Å². The fourth-order valence-corrected chi connectivity index (χ4v) is 18.6.